The van der Waals surface area contributed by atoms with Crippen molar-refractivity contribution in [2.24, 2.45) is 10.1 Å². The largest absolute Gasteiger partial charge is 0.533 e. The zero-order valence-corrected chi connectivity index (χ0v) is 10.4. The number of hydrogen-bond donors (Lipinski definition) is 0. The summed E-state index contributed by atoms with van der Waals surface area (Å²) in [6.07, 6.45) is -4.79. The van der Waals surface area contributed by atoms with Crippen LogP contribution < -0.4 is 0 Å². The van der Waals surface area contributed by atoms with Gasteiger partial charge in [-0.2, -0.15) is 18.0 Å². The van der Waals surface area contributed by atoms with Gasteiger partial charge in [-0.05, 0) is 28.1 Å². The maximum atomic E-state index is 12.8. The molecule has 0 N–H and O–H groups in total. The van der Waals surface area contributed by atoms with Crippen molar-refractivity contribution in [1.29, 1.82) is 0 Å². The van der Waals surface area contributed by atoms with Gasteiger partial charge >= 0.3 is 23.8 Å². The van der Waals surface area contributed by atoms with E-state index in [2.05, 4.69) is 14.8 Å². The molecule has 1 amide bonds. The van der Waals surface area contributed by atoms with Gasteiger partial charge in [0.1, 0.15) is 0 Å². The van der Waals surface area contributed by atoms with Crippen LogP contribution in [0.4, 0.5) is 18.0 Å². The number of halogens is 3. The number of amidine groups is 1. The molecule has 0 spiro atoms. The standard InChI is InChI=1S/C10H15F3N3O2/c1-4-6-7-14-9(3,10(11,12)13)15-16(7)8(17)18-5-2/h4-6H2,1-3H3/q+1. The summed E-state index contributed by atoms with van der Waals surface area (Å²) in [5.74, 6) is -0.0178. The minimum atomic E-state index is -4.65. The number of rotatable bonds is 3. The van der Waals surface area contributed by atoms with E-state index < -0.39 is 17.9 Å². The average molecular weight is 266 g/mol. The van der Waals surface area contributed by atoms with E-state index in [-0.39, 0.29) is 18.9 Å². The second-order valence-electron chi connectivity index (χ2n) is 3.91. The molecule has 1 aliphatic heterocycles. The minimum Gasteiger partial charge on any atom is -0.430 e. The highest BCUT2D eigenvalue weighted by Gasteiger charge is 2.63. The van der Waals surface area contributed by atoms with Gasteiger partial charge in [-0.15, -0.1) is 0 Å². The third-order valence-corrected chi connectivity index (χ3v) is 2.34. The number of azo groups is 2. The second kappa shape index (κ2) is 5.03. The Kier molecular flexibility index (Phi) is 4.08. The summed E-state index contributed by atoms with van der Waals surface area (Å²) in [7, 11) is 0. The van der Waals surface area contributed by atoms with Gasteiger partial charge in [-0.1, -0.05) is 6.92 Å². The highest BCUT2D eigenvalue weighted by Crippen LogP contribution is 2.38. The Morgan fingerprint density at radius 1 is 1.44 bits per heavy atom. The minimum absolute atomic E-state index is 0.0178. The number of hydrogen-bond acceptors (Lipinski definition) is 4. The summed E-state index contributed by atoms with van der Waals surface area (Å²) < 4.78 is 43.7. The summed E-state index contributed by atoms with van der Waals surface area (Å²) in [5.41, 5.74) is -2.61. The molecule has 1 heterocycles. The molecule has 18 heavy (non-hydrogen) atoms. The van der Waals surface area contributed by atoms with Crippen LogP contribution in [0.2, 0.25) is 0 Å². The van der Waals surface area contributed by atoms with Crippen LogP contribution in [0.3, 0.4) is 0 Å². The molecule has 0 saturated heterocycles. The molecule has 0 radical (unpaired) electrons. The molecule has 1 rings (SSSR count). The second-order valence-corrected chi connectivity index (χ2v) is 3.91. The van der Waals surface area contributed by atoms with Gasteiger partial charge in [0.05, 0.1) is 13.0 Å². The first-order valence-electron chi connectivity index (χ1n) is 5.60. The molecular formula is C10H15F3N3O2+. The van der Waals surface area contributed by atoms with Crippen molar-refractivity contribution in [3.05, 3.63) is 0 Å². The molecule has 0 saturated carbocycles. The van der Waals surface area contributed by atoms with E-state index in [1.165, 1.54) is 0 Å². The fourth-order valence-electron chi connectivity index (χ4n) is 1.41. The maximum Gasteiger partial charge on any atom is 0.533 e. The number of carbonyl (C=O) groups excluding carboxylic acids is 1. The first kappa shape index (κ1) is 14.6. The number of carbonyl (C=O) groups is 1. The molecule has 0 aromatic carbocycles. The Morgan fingerprint density at radius 3 is 2.50 bits per heavy atom. The zero-order valence-electron chi connectivity index (χ0n) is 10.4. The Hall–Kier alpha value is -1.47. The van der Waals surface area contributed by atoms with Crippen molar-refractivity contribution in [2.75, 3.05) is 6.61 Å². The molecule has 5 nitrogen and oxygen atoms in total. The smallest absolute Gasteiger partial charge is 0.430 e. The van der Waals surface area contributed by atoms with Gasteiger partial charge in [0, 0.05) is 6.92 Å². The normalized spacial score (nSPS) is 23.7. The van der Waals surface area contributed by atoms with Gasteiger partial charge in [-0.3, -0.25) is 0 Å². The van der Waals surface area contributed by atoms with Crippen LogP contribution in [-0.2, 0) is 4.74 Å². The van der Waals surface area contributed by atoms with Crippen LogP contribution in [0.15, 0.2) is 10.1 Å². The third kappa shape index (κ3) is 2.68. The number of aliphatic imine (C=N–C) groups is 1. The number of amides is 1. The number of ether oxygens (including phenoxy) is 1. The van der Waals surface area contributed by atoms with Gasteiger partial charge in [0.25, 0.3) is 0 Å². The van der Waals surface area contributed by atoms with Crippen LogP contribution in [0.1, 0.15) is 33.6 Å². The first-order valence-corrected chi connectivity index (χ1v) is 5.60. The quantitative estimate of drug-likeness (QED) is 0.737. The van der Waals surface area contributed by atoms with Crippen molar-refractivity contribution in [3.8, 4) is 0 Å². The molecule has 0 aromatic heterocycles. The molecule has 0 bridgehead atoms. The van der Waals surface area contributed by atoms with Crippen molar-refractivity contribution >= 4 is 11.9 Å². The van der Waals surface area contributed by atoms with E-state index in [0.29, 0.717) is 11.1 Å². The van der Waals surface area contributed by atoms with Crippen molar-refractivity contribution < 1.29 is 27.4 Å². The lowest BCUT2D eigenvalue weighted by Gasteiger charge is -2.12. The summed E-state index contributed by atoms with van der Waals surface area (Å²) >= 11 is 0. The molecule has 0 aliphatic carbocycles. The summed E-state index contributed by atoms with van der Waals surface area (Å²) in [6, 6.07) is 0. The number of alkyl halides is 3. The highest BCUT2D eigenvalue weighted by atomic mass is 19.4. The van der Waals surface area contributed by atoms with E-state index in [9.17, 15) is 18.0 Å². The van der Waals surface area contributed by atoms with Crippen LogP contribution in [0.25, 0.3) is 0 Å². The van der Waals surface area contributed by atoms with Crippen LogP contribution >= 0.6 is 0 Å². The predicted molar refractivity (Wildman–Crippen MR) is 56.5 cm³/mol. The van der Waals surface area contributed by atoms with Crippen LogP contribution in [-0.4, -0.2) is 35.1 Å². The molecular weight excluding hydrogens is 251 g/mol. The lowest BCUT2D eigenvalue weighted by molar-refractivity contribution is -0.409. The van der Waals surface area contributed by atoms with E-state index in [1.54, 1.807) is 13.8 Å². The van der Waals surface area contributed by atoms with Gasteiger partial charge in [-0.25, -0.2) is 0 Å². The summed E-state index contributed by atoms with van der Waals surface area (Å²) in [5, 5.41) is 3.34. The molecule has 102 valence electrons. The Bertz CT molecular complexity index is 404. The Balaban J connectivity index is 3.12. The third-order valence-electron chi connectivity index (χ3n) is 2.34. The van der Waals surface area contributed by atoms with Crippen molar-refractivity contribution in [3.63, 3.8) is 0 Å². The molecule has 1 aliphatic rings. The molecule has 0 fully saturated rings. The molecule has 1 unspecified atom stereocenters. The molecule has 1 atom stereocenters. The fourth-order valence-corrected chi connectivity index (χ4v) is 1.41. The fraction of sp³-hybridized carbons (Fsp3) is 0.800. The lowest BCUT2D eigenvalue weighted by Crippen LogP contribution is -2.37. The highest BCUT2D eigenvalue weighted by molar-refractivity contribution is 5.83. The van der Waals surface area contributed by atoms with Crippen LogP contribution in [0, 0.1) is 0 Å². The molecule has 0 aromatic rings. The van der Waals surface area contributed by atoms with Gasteiger partial charge < -0.3 is 4.74 Å². The number of nitrogens with zero attached hydrogens (tertiary/aromatic N) is 3. The predicted octanol–water partition coefficient (Wildman–Crippen LogP) is 3.10. The zero-order chi connectivity index (χ0) is 14.0. The topological polar surface area (TPSA) is 54.0 Å². The molecule has 8 heteroatoms. The van der Waals surface area contributed by atoms with E-state index in [1.807, 2.05) is 0 Å². The Labute approximate surface area is 102 Å². The lowest BCUT2D eigenvalue weighted by atomic mass is 10.2. The van der Waals surface area contributed by atoms with Gasteiger partial charge in [0.15, 0.2) is 0 Å². The maximum absolute atomic E-state index is 12.8. The van der Waals surface area contributed by atoms with Crippen molar-refractivity contribution in [1.82, 2.24) is 0 Å². The van der Waals surface area contributed by atoms with Crippen molar-refractivity contribution in [2.45, 2.75) is 45.5 Å². The van der Waals surface area contributed by atoms with Crippen LogP contribution in [0.5, 0.6) is 0 Å². The van der Waals surface area contributed by atoms with E-state index in [0.717, 1.165) is 6.92 Å². The summed E-state index contributed by atoms with van der Waals surface area (Å²) in [4.78, 5) is 15.0. The average Bonchev–Trinajstić information content (AvgIpc) is 2.57. The Morgan fingerprint density at radius 2 is 2.06 bits per heavy atom. The summed E-state index contributed by atoms with van der Waals surface area (Å²) in [6.45, 7) is 4.22. The van der Waals surface area contributed by atoms with E-state index in [4.69, 9.17) is 0 Å². The first-order chi connectivity index (χ1) is 8.25. The monoisotopic (exact) mass is 266 g/mol. The van der Waals surface area contributed by atoms with Gasteiger partial charge in [0.2, 0.25) is 0 Å². The van der Waals surface area contributed by atoms with E-state index >= 15 is 0 Å². The SMILES string of the molecule is CCCC1=NC(C)(C(F)(F)F)N=[N+]1C(=O)OCC.